The minimum atomic E-state index is 0.509. The molecule has 1 aromatic rings. The first-order valence-corrected chi connectivity index (χ1v) is 6.86. The first kappa shape index (κ1) is 11.7. The first-order valence-electron chi connectivity index (χ1n) is 6.86. The lowest BCUT2D eigenvalue weighted by Gasteiger charge is -2.33. The van der Waals surface area contributed by atoms with E-state index in [-0.39, 0.29) is 0 Å². The summed E-state index contributed by atoms with van der Waals surface area (Å²) in [6.07, 6.45) is 8.59. The van der Waals surface area contributed by atoms with E-state index in [1.807, 2.05) is 6.20 Å². The van der Waals surface area contributed by atoms with Crippen LogP contribution in [0.5, 0.6) is 0 Å². The number of nitrogens with one attached hydrogen (secondary N) is 1. The Labute approximate surface area is 108 Å². The Morgan fingerprint density at radius 2 is 2.17 bits per heavy atom. The molecule has 1 saturated carbocycles. The van der Waals surface area contributed by atoms with Gasteiger partial charge >= 0.3 is 0 Å². The maximum absolute atomic E-state index is 5.41. The lowest BCUT2D eigenvalue weighted by atomic mass is 9.85. The molecule has 0 bridgehead atoms. The van der Waals surface area contributed by atoms with E-state index in [1.165, 1.54) is 32.1 Å². The second-order valence-corrected chi connectivity index (χ2v) is 5.44. The third kappa shape index (κ3) is 1.92. The van der Waals surface area contributed by atoms with Crippen molar-refractivity contribution in [2.75, 3.05) is 16.9 Å². The zero-order chi connectivity index (χ0) is 12.5. The molecule has 1 aliphatic carbocycles. The number of aryl methyl sites for hydroxylation is 1. The van der Waals surface area contributed by atoms with Gasteiger partial charge in [0.05, 0.1) is 0 Å². The molecule has 2 unspecified atom stereocenters. The zero-order valence-electron chi connectivity index (χ0n) is 10.9. The van der Waals surface area contributed by atoms with Crippen LogP contribution in [0.1, 0.15) is 37.7 Å². The molecule has 5 nitrogen and oxygen atoms in total. The van der Waals surface area contributed by atoms with Crippen molar-refractivity contribution in [1.29, 1.82) is 0 Å². The molecular formula is C13H21N5. The minimum absolute atomic E-state index is 0.509. The summed E-state index contributed by atoms with van der Waals surface area (Å²) in [5.41, 5.74) is 3.68. The molecule has 1 aliphatic heterocycles. The number of nitrogen functional groups attached to an aromatic ring is 1. The van der Waals surface area contributed by atoms with Crippen LogP contribution in [0.3, 0.4) is 0 Å². The van der Waals surface area contributed by atoms with Gasteiger partial charge in [0, 0.05) is 24.3 Å². The SMILES string of the molecule is Cc1cnc(NN)nc1N1CCC2CCCCC21. The van der Waals surface area contributed by atoms with E-state index >= 15 is 0 Å². The van der Waals surface area contributed by atoms with Crippen LogP contribution in [0.25, 0.3) is 0 Å². The molecule has 0 spiro atoms. The molecule has 5 heteroatoms. The highest BCUT2D eigenvalue weighted by molar-refractivity contribution is 5.50. The summed E-state index contributed by atoms with van der Waals surface area (Å²) in [6, 6.07) is 0.679. The van der Waals surface area contributed by atoms with E-state index < -0.39 is 0 Å². The van der Waals surface area contributed by atoms with E-state index in [4.69, 9.17) is 5.84 Å². The third-order valence-corrected chi connectivity index (χ3v) is 4.36. The van der Waals surface area contributed by atoms with E-state index in [0.29, 0.717) is 12.0 Å². The molecule has 2 heterocycles. The fraction of sp³-hybridized carbons (Fsp3) is 0.692. The molecule has 1 saturated heterocycles. The highest BCUT2D eigenvalue weighted by Gasteiger charge is 2.36. The molecule has 3 N–H and O–H groups in total. The van der Waals surface area contributed by atoms with Gasteiger partial charge in [-0.1, -0.05) is 12.8 Å². The van der Waals surface area contributed by atoms with E-state index in [1.54, 1.807) is 0 Å². The van der Waals surface area contributed by atoms with Crippen molar-refractivity contribution in [3.63, 3.8) is 0 Å². The number of nitrogens with zero attached hydrogens (tertiary/aromatic N) is 3. The largest absolute Gasteiger partial charge is 0.353 e. The second kappa shape index (κ2) is 4.72. The number of anilines is 2. The van der Waals surface area contributed by atoms with Crippen molar-refractivity contribution in [3.05, 3.63) is 11.8 Å². The number of hydrogen-bond donors (Lipinski definition) is 2. The molecule has 2 aliphatic rings. The van der Waals surface area contributed by atoms with E-state index in [2.05, 4.69) is 27.2 Å². The number of fused-ring (bicyclic) bond motifs is 1. The maximum Gasteiger partial charge on any atom is 0.239 e. The Balaban J connectivity index is 1.90. The number of hydrogen-bond acceptors (Lipinski definition) is 5. The van der Waals surface area contributed by atoms with Crippen LogP contribution in [0, 0.1) is 12.8 Å². The molecule has 3 rings (SSSR count). The molecule has 1 aromatic heterocycles. The molecule has 98 valence electrons. The molecule has 2 fully saturated rings. The lowest BCUT2D eigenvalue weighted by molar-refractivity contribution is 0.341. The standard InChI is InChI=1S/C13H21N5/c1-9-8-15-13(17-14)16-12(9)18-7-6-10-4-2-3-5-11(10)18/h8,10-11H,2-7,14H2,1H3,(H,15,16,17). The van der Waals surface area contributed by atoms with E-state index in [9.17, 15) is 0 Å². The van der Waals surface area contributed by atoms with Gasteiger partial charge in [0.2, 0.25) is 5.95 Å². The van der Waals surface area contributed by atoms with Crippen molar-refractivity contribution in [2.24, 2.45) is 11.8 Å². The van der Waals surface area contributed by atoms with Gasteiger partial charge in [0.1, 0.15) is 5.82 Å². The zero-order valence-corrected chi connectivity index (χ0v) is 10.9. The van der Waals surface area contributed by atoms with Gasteiger partial charge in [-0.3, -0.25) is 5.43 Å². The van der Waals surface area contributed by atoms with Crippen LogP contribution in [0.2, 0.25) is 0 Å². The summed E-state index contributed by atoms with van der Waals surface area (Å²) >= 11 is 0. The minimum Gasteiger partial charge on any atom is -0.353 e. The Morgan fingerprint density at radius 1 is 1.33 bits per heavy atom. The second-order valence-electron chi connectivity index (χ2n) is 5.44. The highest BCUT2D eigenvalue weighted by Crippen LogP contribution is 2.39. The number of aromatic nitrogens is 2. The van der Waals surface area contributed by atoms with Crippen LogP contribution in [-0.4, -0.2) is 22.6 Å². The van der Waals surface area contributed by atoms with Crippen LogP contribution in [0.4, 0.5) is 11.8 Å². The Bertz CT molecular complexity index is 433. The third-order valence-electron chi connectivity index (χ3n) is 4.36. The fourth-order valence-electron chi connectivity index (χ4n) is 3.46. The quantitative estimate of drug-likeness (QED) is 0.616. The van der Waals surface area contributed by atoms with Gasteiger partial charge in [-0.15, -0.1) is 0 Å². The summed E-state index contributed by atoms with van der Waals surface area (Å²) in [5, 5.41) is 0. The Morgan fingerprint density at radius 3 is 3.00 bits per heavy atom. The molecule has 0 amide bonds. The number of rotatable bonds is 2. The van der Waals surface area contributed by atoms with Gasteiger partial charge in [-0.2, -0.15) is 4.98 Å². The average molecular weight is 247 g/mol. The highest BCUT2D eigenvalue weighted by atomic mass is 15.3. The fourth-order valence-corrected chi connectivity index (χ4v) is 3.46. The van der Waals surface area contributed by atoms with Crippen LogP contribution in [-0.2, 0) is 0 Å². The molecular weight excluding hydrogens is 226 g/mol. The summed E-state index contributed by atoms with van der Waals surface area (Å²) in [7, 11) is 0. The normalized spacial score (nSPS) is 27.1. The smallest absolute Gasteiger partial charge is 0.239 e. The van der Waals surface area contributed by atoms with Crippen molar-refractivity contribution in [2.45, 2.75) is 45.1 Å². The predicted molar refractivity (Wildman–Crippen MR) is 72.3 cm³/mol. The molecule has 0 radical (unpaired) electrons. The number of hydrazine groups is 1. The van der Waals surface area contributed by atoms with Crippen LogP contribution in [0.15, 0.2) is 6.20 Å². The van der Waals surface area contributed by atoms with Crippen molar-refractivity contribution in [1.82, 2.24) is 9.97 Å². The van der Waals surface area contributed by atoms with Crippen LogP contribution < -0.4 is 16.2 Å². The monoisotopic (exact) mass is 247 g/mol. The Hall–Kier alpha value is -1.36. The van der Waals surface area contributed by atoms with Gasteiger partial charge in [0.25, 0.3) is 0 Å². The number of nitrogens with two attached hydrogens (primary N) is 1. The topological polar surface area (TPSA) is 67.1 Å². The lowest BCUT2D eigenvalue weighted by Crippen LogP contribution is -2.36. The van der Waals surface area contributed by atoms with Gasteiger partial charge in [-0.05, 0) is 32.1 Å². The van der Waals surface area contributed by atoms with Gasteiger partial charge in [-0.25, -0.2) is 10.8 Å². The Kier molecular flexibility index (Phi) is 3.07. The summed E-state index contributed by atoms with van der Waals surface area (Å²) < 4.78 is 0. The summed E-state index contributed by atoms with van der Waals surface area (Å²) in [6.45, 7) is 3.20. The van der Waals surface area contributed by atoms with Crippen molar-refractivity contribution in [3.8, 4) is 0 Å². The molecule has 18 heavy (non-hydrogen) atoms. The predicted octanol–water partition coefficient (Wildman–Crippen LogP) is 1.84. The van der Waals surface area contributed by atoms with Crippen molar-refractivity contribution < 1.29 is 0 Å². The average Bonchev–Trinajstić information content (AvgIpc) is 2.83. The van der Waals surface area contributed by atoms with E-state index in [0.717, 1.165) is 23.8 Å². The van der Waals surface area contributed by atoms with Gasteiger partial charge < -0.3 is 4.90 Å². The first-order chi connectivity index (χ1) is 8.79. The summed E-state index contributed by atoms with van der Waals surface area (Å²) in [5.74, 6) is 7.84. The maximum atomic E-state index is 5.41. The van der Waals surface area contributed by atoms with Crippen LogP contribution >= 0.6 is 0 Å². The van der Waals surface area contributed by atoms with Gasteiger partial charge in [0.15, 0.2) is 0 Å². The van der Waals surface area contributed by atoms with Crippen molar-refractivity contribution >= 4 is 11.8 Å². The summed E-state index contributed by atoms with van der Waals surface area (Å²) in [4.78, 5) is 11.2. The molecule has 2 atom stereocenters. The molecule has 0 aromatic carbocycles.